The summed E-state index contributed by atoms with van der Waals surface area (Å²) < 4.78 is 0. The molecule has 0 aromatic heterocycles. The van der Waals surface area contributed by atoms with Crippen LogP contribution < -0.4 is 5.32 Å². The van der Waals surface area contributed by atoms with Crippen LogP contribution in [0.25, 0.3) is 0 Å². The lowest BCUT2D eigenvalue weighted by atomic mass is 9.98. The number of carboxylic acids is 1. The van der Waals surface area contributed by atoms with E-state index in [9.17, 15) is 9.59 Å². The van der Waals surface area contributed by atoms with Gasteiger partial charge in [-0.15, -0.1) is 0 Å². The average molecular weight is 201 g/mol. The molecule has 1 atom stereocenters. The molecule has 1 amide bonds. The Hall–Kier alpha value is -1.06. The molecular formula is C10H19NO3. The van der Waals surface area contributed by atoms with Gasteiger partial charge in [0.25, 0.3) is 0 Å². The maximum atomic E-state index is 11.4. The quantitative estimate of drug-likeness (QED) is 0.706. The minimum Gasteiger partial charge on any atom is -0.480 e. The van der Waals surface area contributed by atoms with Crippen molar-refractivity contribution in [1.82, 2.24) is 5.32 Å². The van der Waals surface area contributed by atoms with E-state index in [4.69, 9.17) is 5.11 Å². The second kappa shape index (κ2) is 4.98. The normalized spacial score (nSPS) is 14.9. The molecule has 0 aromatic rings. The molecule has 0 aliphatic carbocycles. The van der Waals surface area contributed by atoms with E-state index >= 15 is 0 Å². The Morgan fingerprint density at radius 2 is 1.93 bits per heavy atom. The van der Waals surface area contributed by atoms with Crippen molar-refractivity contribution in [3.05, 3.63) is 0 Å². The van der Waals surface area contributed by atoms with Crippen molar-refractivity contribution < 1.29 is 14.7 Å². The van der Waals surface area contributed by atoms with Crippen LogP contribution >= 0.6 is 0 Å². The van der Waals surface area contributed by atoms with Crippen molar-refractivity contribution in [2.45, 2.75) is 46.1 Å². The van der Waals surface area contributed by atoms with Crippen molar-refractivity contribution in [1.29, 1.82) is 0 Å². The highest BCUT2D eigenvalue weighted by atomic mass is 16.4. The standard InChI is InChI=1S/C10H19NO3/c1-5-10(4,9(13)14)11-8(12)6-7(2)3/h7H,5-6H2,1-4H3,(H,11,12)(H,13,14). The summed E-state index contributed by atoms with van der Waals surface area (Å²) in [5, 5.41) is 11.4. The van der Waals surface area contributed by atoms with E-state index in [1.54, 1.807) is 6.92 Å². The van der Waals surface area contributed by atoms with Crippen molar-refractivity contribution in [3.8, 4) is 0 Å². The Labute approximate surface area is 84.7 Å². The average Bonchev–Trinajstić information content (AvgIpc) is 2.01. The number of hydrogen-bond acceptors (Lipinski definition) is 2. The first kappa shape index (κ1) is 12.9. The summed E-state index contributed by atoms with van der Waals surface area (Å²) in [6.45, 7) is 7.10. The van der Waals surface area contributed by atoms with Crippen LogP contribution in [0.3, 0.4) is 0 Å². The molecule has 1 unspecified atom stereocenters. The highest BCUT2D eigenvalue weighted by molar-refractivity contribution is 5.86. The largest absolute Gasteiger partial charge is 0.480 e. The third kappa shape index (κ3) is 3.77. The lowest BCUT2D eigenvalue weighted by Gasteiger charge is -2.24. The first-order chi connectivity index (χ1) is 6.31. The molecule has 0 aromatic carbocycles. The lowest BCUT2D eigenvalue weighted by molar-refractivity contribution is -0.147. The van der Waals surface area contributed by atoms with Gasteiger partial charge >= 0.3 is 5.97 Å². The number of carbonyl (C=O) groups is 2. The molecule has 0 aliphatic heterocycles. The van der Waals surface area contributed by atoms with Gasteiger partial charge in [-0.3, -0.25) is 4.79 Å². The minimum atomic E-state index is -1.13. The SMILES string of the molecule is CCC(C)(NC(=O)CC(C)C)C(=O)O. The molecule has 4 heteroatoms. The molecule has 2 N–H and O–H groups in total. The maximum Gasteiger partial charge on any atom is 0.329 e. The summed E-state index contributed by atoms with van der Waals surface area (Å²) in [4.78, 5) is 22.2. The molecule has 4 nitrogen and oxygen atoms in total. The molecule has 0 aliphatic rings. The summed E-state index contributed by atoms with van der Waals surface area (Å²) in [6, 6.07) is 0. The van der Waals surface area contributed by atoms with Gasteiger partial charge in [-0.05, 0) is 19.3 Å². The highest BCUT2D eigenvalue weighted by Crippen LogP contribution is 2.10. The summed E-state index contributed by atoms with van der Waals surface area (Å²) in [6.07, 6.45) is 0.745. The number of nitrogens with one attached hydrogen (secondary N) is 1. The van der Waals surface area contributed by atoms with E-state index in [1.165, 1.54) is 6.92 Å². The molecular weight excluding hydrogens is 182 g/mol. The van der Waals surface area contributed by atoms with Crippen molar-refractivity contribution in [2.75, 3.05) is 0 Å². The summed E-state index contributed by atoms with van der Waals surface area (Å²) >= 11 is 0. The summed E-state index contributed by atoms with van der Waals surface area (Å²) in [7, 11) is 0. The Bertz CT molecular complexity index is 225. The van der Waals surface area contributed by atoms with Gasteiger partial charge in [0.15, 0.2) is 0 Å². The summed E-state index contributed by atoms with van der Waals surface area (Å²) in [5.74, 6) is -0.950. The van der Waals surface area contributed by atoms with Gasteiger partial charge in [0, 0.05) is 6.42 Å². The first-order valence-corrected chi connectivity index (χ1v) is 4.86. The summed E-state index contributed by atoms with van der Waals surface area (Å²) in [5.41, 5.74) is -1.13. The van der Waals surface area contributed by atoms with Crippen LogP contribution in [-0.4, -0.2) is 22.5 Å². The van der Waals surface area contributed by atoms with Crippen LogP contribution in [0, 0.1) is 5.92 Å². The second-order valence-corrected chi connectivity index (χ2v) is 4.14. The predicted octanol–water partition coefficient (Wildman–Crippen LogP) is 1.40. The highest BCUT2D eigenvalue weighted by Gasteiger charge is 2.32. The fourth-order valence-electron chi connectivity index (χ4n) is 1.02. The Balaban J connectivity index is 4.32. The Kier molecular flexibility index (Phi) is 4.60. The zero-order valence-electron chi connectivity index (χ0n) is 9.26. The second-order valence-electron chi connectivity index (χ2n) is 4.14. The smallest absolute Gasteiger partial charge is 0.329 e. The fourth-order valence-corrected chi connectivity index (χ4v) is 1.02. The van der Waals surface area contributed by atoms with Crippen LogP contribution in [0.15, 0.2) is 0 Å². The van der Waals surface area contributed by atoms with Crippen LogP contribution in [0.2, 0.25) is 0 Å². The number of hydrogen-bond donors (Lipinski definition) is 2. The fraction of sp³-hybridized carbons (Fsp3) is 0.800. The van der Waals surface area contributed by atoms with E-state index in [0.29, 0.717) is 12.8 Å². The van der Waals surface area contributed by atoms with Crippen molar-refractivity contribution in [3.63, 3.8) is 0 Å². The van der Waals surface area contributed by atoms with Gasteiger partial charge in [0.05, 0.1) is 0 Å². The van der Waals surface area contributed by atoms with Crippen LogP contribution in [0.1, 0.15) is 40.5 Å². The Morgan fingerprint density at radius 3 is 2.21 bits per heavy atom. The van der Waals surface area contributed by atoms with E-state index in [-0.39, 0.29) is 11.8 Å². The zero-order valence-corrected chi connectivity index (χ0v) is 9.26. The molecule has 0 saturated carbocycles. The topological polar surface area (TPSA) is 66.4 Å². The molecule has 0 rings (SSSR count). The monoisotopic (exact) mass is 201 g/mol. The molecule has 14 heavy (non-hydrogen) atoms. The number of aliphatic carboxylic acids is 1. The third-order valence-corrected chi connectivity index (χ3v) is 2.19. The number of rotatable bonds is 5. The van der Waals surface area contributed by atoms with Gasteiger partial charge in [-0.1, -0.05) is 20.8 Å². The Morgan fingerprint density at radius 1 is 1.43 bits per heavy atom. The van der Waals surface area contributed by atoms with E-state index < -0.39 is 11.5 Å². The molecule has 82 valence electrons. The molecule has 0 fully saturated rings. The van der Waals surface area contributed by atoms with E-state index in [1.807, 2.05) is 13.8 Å². The van der Waals surface area contributed by atoms with E-state index in [2.05, 4.69) is 5.32 Å². The number of carboxylic acid groups (broad SMARTS) is 1. The van der Waals surface area contributed by atoms with Crippen LogP contribution in [0.5, 0.6) is 0 Å². The molecule has 0 heterocycles. The maximum absolute atomic E-state index is 11.4. The van der Waals surface area contributed by atoms with Gasteiger partial charge < -0.3 is 10.4 Å². The molecule has 0 spiro atoms. The molecule has 0 bridgehead atoms. The number of amides is 1. The minimum absolute atomic E-state index is 0.202. The molecule has 0 saturated heterocycles. The number of carbonyl (C=O) groups excluding carboxylic acids is 1. The first-order valence-electron chi connectivity index (χ1n) is 4.86. The molecule has 0 radical (unpaired) electrons. The third-order valence-electron chi connectivity index (χ3n) is 2.19. The lowest BCUT2D eigenvalue weighted by Crippen LogP contribution is -2.51. The predicted molar refractivity (Wildman–Crippen MR) is 53.9 cm³/mol. The van der Waals surface area contributed by atoms with Crippen LogP contribution in [0.4, 0.5) is 0 Å². The van der Waals surface area contributed by atoms with Gasteiger partial charge in [-0.25, -0.2) is 4.79 Å². The van der Waals surface area contributed by atoms with Gasteiger partial charge in [0.2, 0.25) is 5.91 Å². The van der Waals surface area contributed by atoms with Crippen LogP contribution in [-0.2, 0) is 9.59 Å². The van der Waals surface area contributed by atoms with Gasteiger partial charge in [-0.2, -0.15) is 0 Å². The van der Waals surface area contributed by atoms with Crippen molar-refractivity contribution >= 4 is 11.9 Å². The van der Waals surface area contributed by atoms with E-state index in [0.717, 1.165) is 0 Å². The van der Waals surface area contributed by atoms with Crippen molar-refractivity contribution in [2.24, 2.45) is 5.92 Å². The van der Waals surface area contributed by atoms with Gasteiger partial charge in [0.1, 0.15) is 5.54 Å². The zero-order chi connectivity index (χ0) is 11.4.